The number of hydrogen-bond acceptors (Lipinski definition) is 10. The topological polar surface area (TPSA) is 109 Å². The van der Waals surface area contributed by atoms with Crippen LogP contribution in [0.25, 0.3) is 89.7 Å². The quantitative estimate of drug-likeness (QED) is 0.131. The van der Waals surface area contributed by atoms with Gasteiger partial charge in [-0.1, -0.05) is 48.5 Å². The number of benzene rings is 4. The molecule has 2 N–H and O–H groups in total. The van der Waals surface area contributed by atoms with E-state index in [-0.39, 0.29) is 93.7 Å². The summed E-state index contributed by atoms with van der Waals surface area (Å²) in [5.74, 6) is -1.44. The summed E-state index contributed by atoms with van der Waals surface area (Å²) in [7, 11) is 0. The van der Waals surface area contributed by atoms with E-state index >= 15 is 0 Å². The first-order valence-electron chi connectivity index (χ1n) is 16.6. The zero-order chi connectivity index (χ0) is 42.5. The summed E-state index contributed by atoms with van der Waals surface area (Å²) >= 11 is -2.06. The number of halogens is 12. The monoisotopic (exact) mass is 914 g/mol. The minimum absolute atomic E-state index is 0.0195. The van der Waals surface area contributed by atoms with Crippen molar-refractivity contribution < 1.29 is 52.7 Å². The number of rotatable bonds is 4. The Morgan fingerprint density at radius 3 is 1.07 bits per heavy atom. The van der Waals surface area contributed by atoms with Gasteiger partial charge in [-0.05, 0) is 71.3 Å². The highest BCUT2D eigenvalue weighted by molar-refractivity contribution is 8.01. The van der Waals surface area contributed by atoms with Gasteiger partial charge in [-0.3, -0.25) is 0 Å². The molecular formula is C36H14F12N8S4. The standard InChI is InChI=1S/C36H14F12N8S4/c37-33(38,39)57-17-9-1-5-13-21(17)29-50-25(13)49-26-14-6-2-10-18(58-34(40,41)42)22(14)30(51-26)53-28-16-8-4-12-20(60-36(46,47)48)24(16)32(55-28)56-31-23-15(27(52-29)54-31)7-3-11-19(23)59-35(43,44)45/h1-12H,(H2,49,50,51,52,53,54,55,56). The molecule has 0 atom stereocenters. The molecule has 0 radical (unpaired) electrons. The molecule has 2 aliphatic heterocycles. The third-order valence-electron chi connectivity index (χ3n) is 8.69. The lowest BCUT2D eigenvalue weighted by atomic mass is 10.1. The van der Waals surface area contributed by atoms with Gasteiger partial charge < -0.3 is 9.97 Å². The van der Waals surface area contributed by atoms with Crippen molar-refractivity contribution in [2.24, 2.45) is 0 Å². The van der Waals surface area contributed by atoms with E-state index in [9.17, 15) is 52.7 Å². The molecule has 0 saturated heterocycles. The van der Waals surface area contributed by atoms with Gasteiger partial charge in [-0.25, -0.2) is 29.9 Å². The van der Waals surface area contributed by atoms with Crippen molar-refractivity contribution >= 4 is 91.2 Å². The molecule has 0 aliphatic carbocycles. The fourth-order valence-electron chi connectivity index (χ4n) is 6.70. The molecule has 0 amide bonds. The normalized spacial score (nSPS) is 13.3. The van der Waals surface area contributed by atoms with Crippen molar-refractivity contribution in [3.63, 3.8) is 0 Å². The molecule has 8 bridgehead atoms. The number of H-pyrrole nitrogens is 2. The van der Waals surface area contributed by atoms with Gasteiger partial charge in [0.2, 0.25) is 0 Å². The van der Waals surface area contributed by atoms with Crippen LogP contribution in [0.4, 0.5) is 52.7 Å². The first-order chi connectivity index (χ1) is 28.2. The predicted molar refractivity (Wildman–Crippen MR) is 204 cm³/mol. The van der Waals surface area contributed by atoms with E-state index in [0.29, 0.717) is 0 Å². The van der Waals surface area contributed by atoms with Crippen LogP contribution >= 0.6 is 47.0 Å². The second-order valence-corrected chi connectivity index (χ2v) is 16.9. The molecular weight excluding hydrogens is 901 g/mol. The molecule has 0 saturated carbocycles. The van der Waals surface area contributed by atoms with Gasteiger partial charge in [-0.2, -0.15) is 52.7 Å². The lowest BCUT2D eigenvalue weighted by Gasteiger charge is -2.09. The van der Waals surface area contributed by atoms with Crippen LogP contribution in [0.5, 0.6) is 0 Å². The van der Waals surface area contributed by atoms with Crippen LogP contribution in [0.1, 0.15) is 0 Å². The Balaban J connectivity index is 1.49. The zero-order valence-electron chi connectivity index (χ0n) is 28.8. The Kier molecular flexibility index (Phi) is 9.51. The second-order valence-electron chi connectivity index (χ2n) is 12.5. The van der Waals surface area contributed by atoms with Gasteiger partial charge in [0.25, 0.3) is 0 Å². The molecule has 7 aromatic rings. The molecule has 5 heterocycles. The maximum absolute atomic E-state index is 14.0. The number of aromatic amines is 2. The van der Waals surface area contributed by atoms with Crippen LogP contribution in [-0.4, -0.2) is 61.9 Å². The average Bonchev–Trinajstić information content (AvgIpc) is 3.86. The summed E-state index contributed by atoms with van der Waals surface area (Å²) in [5.41, 5.74) is -20.9. The fourth-order valence-corrected chi connectivity index (χ4v) is 9.51. The Morgan fingerprint density at radius 2 is 0.667 bits per heavy atom. The van der Waals surface area contributed by atoms with Crippen LogP contribution in [0.15, 0.2) is 92.4 Å². The SMILES string of the molecule is FC(F)(F)Sc1cccc2c1-c1nc-2nc2[nH]c(nc3nc(nc4[nH]c(n1)c1cccc(SC(F)(F)F)c41)-c1c(SC(F)(F)F)cccc1-3)c1c(SC(F)(F)F)cccc21. The number of thioether (sulfide) groups is 4. The number of nitrogens with zero attached hydrogens (tertiary/aromatic N) is 6. The van der Waals surface area contributed by atoms with Crippen molar-refractivity contribution in [1.29, 1.82) is 0 Å². The zero-order valence-corrected chi connectivity index (χ0v) is 32.0. The van der Waals surface area contributed by atoms with Crippen LogP contribution in [0.2, 0.25) is 0 Å². The number of fused-ring (bicyclic) bond motifs is 20. The summed E-state index contributed by atoms with van der Waals surface area (Å²) in [6.45, 7) is 0. The molecule has 3 aromatic heterocycles. The number of alkyl halides is 12. The van der Waals surface area contributed by atoms with Crippen molar-refractivity contribution in [2.45, 2.75) is 41.6 Å². The number of nitrogens with one attached hydrogen (secondary N) is 2. The van der Waals surface area contributed by atoms with Crippen LogP contribution in [-0.2, 0) is 0 Å². The molecule has 24 heteroatoms. The van der Waals surface area contributed by atoms with Crippen LogP contribution in [0.3, 0.4) is 0 Å². The lowest BCUT2D eigenvalue weighted by molar-refractivity contribution is -0.0336. The van der Waals surface area contributed by atoms with E-state index < -0.39 is 84.7 Å². The molecule has 8 nitrogen and oxygen atoms in total. The van der Waals surface area contributed by atoms with Gasteiger partial charge in [0.15, 0.2) is 23.3 Å². The van der Waals surface area contributed by atoms with Crippen molar-refractivity contribution in [3.05, 3.63) is 72.8 Å². The first-order valence-corrected chi connectivity index (χ1v) is 19.8. The smallest absolute Gasteiger partial charge is 0.324 e. The van der Waals surface area contributed by atoms with Gasteiger partial charge >= 0.3 is 22.0 Å². The van der Waals surface area contributed by atoms with E-state index in [2.05, 4.69) is 39.9 Å². The highest BCUT2D eigenvalue weighted by atomic mass is 32.2. The van der Waals surface area contributed by atoms with Crippen molar-refractivity contribution in [2.75, 3.05) is 0 Å². The maximum Gasteiger partial charge on any atom is 0.446 e. The summed E-state index contributed by atoms with van der Waals surface area (Å²) in [4.78, 5) is 30.9. The average molecular weight is 915 g/mol. The predicted octanol–water partition coefficient (Wildman–Crippen LogP) is 13.3. The third-order valence-corrected chi connectivity index (χ3v) is 11.9. The summed E-state index contributed by atoms with van der Waals surface area (Å²) in [5, 5.41) is -0.354. The first kappa shape index (κ1) is 40.2. The lowest BCUT2D eigenvalue weighted by Crippen LogP contribution is -2.00. The summed E-state index contributed by atoms with van der Waals surface area (Å²) in [6, 6.07) is 15.1. The molecule has 4 aromatic carbocycles. The maximum atomic E-state index is 14.0. The molecule has 2 aliphatic rings. The van der Waals surface area contributed by atoms with Gasteiger partial charge in [-0.15, -0.1) is 0 Å². The molecule has 9 rings (SSSR count). The van der Waals surface area contributed by atoms with Gasteiger partial charge in [0, 0.05) is 63.4 Å². The van der Waals surface area contributed by atoms with Gasteiger partial charge in [0.05, 0.1) is 0 Å². The summed E-state index contributed by atoms with van der Waals surface area (Å²) in [6.07, 6.45) is 0. The van der Waals surface area contributed by atoms with Crippen LogP contribution < -0.4 is 0 Å². The van der Waals surface area contributed by atoms with E-state index in [1.54, 1.807) is 0 Å². The Hall–Kier alpha value is -5.20. The number of hydrogen-bond donors (Lipinski definition) is 2. The minimum Gasteiger partial charge on any atom is -0.324 e. The highest BCUT2D eigenvalue weighted by Gasteiger charge is 2.36. The molecule has 306 valence electrons. The largest absolute Gasteiger partial charge is 0.446 e. The Bertz CT molecular complexity index is 3090. The van der Waals surface area contributed by atoms with Crippen molar-refractivity contribution in [3.8, 4) is 45.6 Å². The second kappa shape index (κ2) is 14.2. The van der Waals surface area contributed by atoms with E-state index in [1.165, 1.54) is 48.5 Å². The highest BCUT2D eigenvalue weighted by Crippen LogP contribution is 2.50. The third kappa shape index (κ3) is 7.80. The van der Waals surface area contributed by atoms with Crippen molar-refractivity contribution in [1.82, 2.24) is 39.9 Å². The Labute approximate surface area is 342 Å². The molecule has 0 unspecified atom stereocenters. The molecule has 60 heavy (non-hydrogen) atoms. The number of aromatic nitrogens is 8. The van der Waals surface area contributed by atoms with E-state index in [0.717, 1.165) is 24.3 Å². The van der Waals surface area contributed by atoms with Crippen LogP contribution in [0, 0.1) is 0 Å². The molecule has 0 fully saturated rings. The van der Waals surface area contributed by atoms with E-state index in [1.807, 2.05) is 0 Å². The fraction of sp³-hybridized carbons (Fsp3) is 0.111. The summed E-state index contributed by atoms with van der Waals surface area (Å²) < 4.78 is 167. The molecule has 0 spiro atoms. The van der Waals surface area contributed by atoms with Gasteiger partial charge in [0.1, 0.15) is 22.6 Å². The van der Waals surface area contributed by atoms with E-state index in [4.69, 9.17) is 0 Å². The minimum atomic E-state index is -4.86. The Morgan fingerprint density at radius 1 is 0.350 bits per heavy atom.